The molecule has 0 spiro atoms. The molecule has 10 saturated carbocycles. The maximum Gasteiger partial charge on any atom is 0.254 e. The third kappa shape index (κ3) is 10.5. The molecule has 0 aromatic heterocycles. The largest absolute Gasteiger partial charge is 0.254 e. The van der Waals surface area contributed by atoms with Gasteiger partial charge in [0.05, 0.1) is 0 Å². The third-order valence-corrected chi connectivity index (χ3v) is 22.9. The minimum absolute atomic E-state index is 0.116. The second kappa shape index (κ2) is 20.1. The molecule has 0 amide bonds. The maximum atomic E-state index is 13.9. The average molecular weight is 960 g/mol. The highest BCUT2D eigenvalue weighted by Crippen LogP contribution is 2.74. The van der Waals surface area contributed by atoms with Crippen molar-refractivity contribution in [2.45, 2.75) is 217 Å². The quantitative estimate of drug-likeness (QED) is 0.191. The van der Waals surface area contributed by atoms with Crippen LogP contribution >= 0.6 is 0 Å². The minimum Gasteiger partial charge on any atom is -0.206 e. The van der Waals surface area contributed by atoms with E-state index in [-0.39, 0.29) is 41.4 Å². The summed E-state index contributed by atoms with van der Waals surface area (Å²) < 4.78 is 54.4. The van der Waals surface area contributed by atoms with Crippen LogP contribution in [-0.4, -0.2) is 11.8 Å². The highest BCUT2D eigenvalue weighted by atomic mass is 19.3. The molecule has 0 aromatic carbocycles. The molecule has 0 saturated heterocycles. The van der Waals surface area contributed by atoms with Gasteiger partial charge in [-0.3, -0.25) is 0 Å². The van der Waals surface area contributed by atoms with Gasteiger partial charge in [-0.1, -0.05) is 166 Å². The Hall–Kier alpha value is -0.280. The molecule has 4 heteroatoms. The molecule has 10 aliphatic carbocycles. The zero-order chi connectivity index (χ0) is 51.6. The first-order chi connectivity index (χ1) is 31.1. The van der Waals surface area contributed by atoms with E-state index in [0.29, 0.717) is 40.4 Å². The van der Waals surface area contributed by atoms with Gasteiger partial charge in [-0.25, -0.2) is 17.6 Å². The highest BCUT2D eigenvalue weighted by Gasteiger charge is 2.76. The van der Waals surface area contributed by atoms with Crippen LogP contribution in [0.15, 0.2) is 0 Å². The summed E-state index contributed by atoms with van der Waals surface area (Å²) in [6.45, 7) is 55.6. The van der Waals surface area contributed by atoms with E-state index in [9.17, 15) is 17.6 Å². The monoisotopic (exact) mass is 959 g/mol. The van der Waals surface area contributed by atoms with Crippen LogP contribution in [-0.2, 0) is 0 Å². The van der Waals surface area contributed by atoms with E-state index in [2.05, 4.69) is 152 Å². The number of rotatable bonds is 10. The van der Waals surface area contributed by atoms with Gasteiger partial charge in [0.2, 0.25) is 0 Å². The summed E-state index contributed by atoms with van der Waals surface area (Å²) in [5.41, 5.74) is 1.30. The first kappa shape index (κ1) is 57.0. The third-order valence-electron chi connectivity index (χ3n) is 22.9. The van der Waals surface area contributed by atoms with Crippen LogP contribution in [0.5, 0.6) is 0 Å². The SMILES string of the molecule is CC(C)C1C2CC2C(C)(C)C1C(C)C.CC(C)C1C2CC2C(F)(F)C1C(C)C.CC(C)C1CC2C(C1C(C)C)C2(C)C.CC(C)C1CC2C(C1C(C)C)C2(F)F.CC(C)C1CC2CC2C1C(C)C. The summed E-state index contributed by atoms with van der Waals surface area (Å²) in [5.74, 6) is 15.0. The molecule has 0 N–H and O–H groups in total. The van der Waals surface area contributed by atoms with Crippen molar-refractivity contribution >= 4 is 0 Å². The van der Waals surface area contributed by atoms with Crippen LogP contribution in [0.25, 0.3) is 0 Å². The Kier molecular flexibility index (Phi) is 16.9. The Bertz CT molecular complexity index is 1530. The van der Waals surface area contributed by atoms with Crippen molar-refractivity contribution in [3.63, 3.8) is 0 Å². The molecule has 0 heterocycles. The number of hydrogen-bond acceptors (Lipinski definition) is 0. The molecule has 10 rings (SSSR count). The van der Waals surface area contributed by atoms with Crippen LogP contribution in [0, 0.1) is 188 Å². The molecule has 0 radical (unpaired) electrons. The first-order valence-electron chi connectivity index (χ1n) is 29.8. The Balaban J connectivity index is 0.000000140. The van der Waals surface area contributed by atoms with Crippen LogP contribution < -0.4 is 0 Å². The van der Waals surface area contributed by atoms with Crippen molar-refractivity contribution in [3.05, 3.63) is 0 Å². The van der Waals surface area contributed by atoms with Crippen LogP contribution in [0.2, 0.25) is 0 Å². The topological polar surface area (TPSA) is 0 Å². The van der Waals surface area contributed by atoms with Gasteiger partial charge < -0.3 is 0 Å². The lowest BCUT2D eigenvalue weighted by Crippen LogP contribution is -2.36. The molecule has 20 atom stereocenters. The summed E-state index contributed by atoms with van der Waals surface area (Å²) in [6.07, 6.45) is 7.69. The van der Waals surface area contributed by atoms with E-state index in [1.54, 1.807) is 12.8 Å². The number of hydrogen-bond donors (Lipinski definition) is 0. The van der Waals surface area contributed by atoms with Gasteiger partial charge >= 0.3 is 0 Å². The van der Waals surface area contributed by atoms with Crippen molar-refractivity contribution in [1.82, 2.24) is 0 Å². The van der Waals surface area contributed by atoms with Crippen LogP contribution in [0.4, 0.5) is 17.6 Å². The lowest BCUT2D eigenvalue weighted by atomic mass is 9.66. The number of alkyl halides is 4. The van der Waals surface area contributed by atoms with Gasteiger partial charge in [0.25, 0.3) is 11.8 Å². The van der Waals surface area contributed by atoms with E-state index in [0.717, 1.165) is 119 Å². The fourth-order valence-corrected chi connectivity index (χ4v) is 19.8. The average Bonchev–Trinajstić information content (AvgIpc) is 4.17. The lowest BCUT2D eigenvalue weighted by molar-refractivity contribution is -0.0925. The Morgan fingerprint density at radius 3 is 1.06 bits per heavy atom. The summed E-state index contributed by atoms with van der Waals surface area (Å²) in [6, 6.07) is 0. The lowest BCUT2D eigenvalue weighted by Gasteiger charge is -2.39. The van der Waals surface area contributed by atoms with Gasteiger partial charge in [0.1, 0.15) is 0 Å². The normalized spacial score (nSPS) is 44.7. The smallest absolute Gasteiger partial charge is 0.206 e. The second-order valence-corrected chi connectivity index (χ2v) is 31.0. The Morgan fingerprint density at radius 2 is 0.676 bits per heavy atom. The Labute approximate surface area is 420 Å². The van der Waals surface area contributed by atoms with Crippen LogP contribution in [0.1, 0.15) is 205 Å². The highest BCUT2D eigenvalue weighted by molar-refractivity contribution is 5.17. The van der Waals surface area contributed by atoms with Gasteiger partial charge in [-0.2, -0.15) is 0 Å². The summed E-state index contributed by atoms with van der Waals surface area (Å²) >= 11 is 0. The summed E-state index contributed by atoms with van der Waals surface area (Å²) in [5, 5.41) is 0. The van der Waals surface area contributed by atoms with E-state index < -0.39 is 11.8 Å². The predicted octanol–water partition coefficient (Wildman–Crippen LogP) is 19.6. The molecule has 68 heavy (non-hydrogen) atoms. The minimum atomic E-state index is -2.38. The Morgan fingerprint density at radius 1 is 0.294 bits per heavy atom. The fraction of sp³-hybridized carbons (Fsp3) is 1.00. The summed E-state index contributed by atoms with van der Waals surface area (Å²) in [4.78, 5) is 0. The predicted molar refractivity (Wildman–Crippen MR) is 283 cm³/mol. The molecule has 20 unspecified atom stereocenters. The summed E-state index contributed by atoms with van der Waals surface area (Å²) in [7, 11) is 0. The van der Waals surface area contributed by atoms with Gasteiger partial charge in [-0.05, 0) is 203 Å². The second-order valence-electron chi connectivity index (χ2n) is 31.0. The van der Waals surface area contributed by atoms with Crippen molar-refractivity contribution in [2.75, 3.05) is 0 Å². The van der Waals surface area contributed by atoms with Gasteiger partial charge in [0.15, 0.2) is 0 Å². The van der Waals surface area contributed by atoms with E-state index in [1.165, 1.54) is 12.8 Å². The van der Waals surface area contributed by atoms with Crippen molar-refractivity contribution in [3.8, 4) is 0 Å². The maximum absolute atomic E-state index is 13.9. The van der Waals surface area contributed by atoms with Gasteiger partial charge in [0, 0.05) is 23.7 Å². The number of fused-ring (bicyclic) bond motifs is 5. The standard InChI is InChI=1S/2C14H26.2C12H20F2.C12H22/c1-8(2)12-10-7-11(10)14(5,6)13(12)9(3)4;1-8(2)10-7-11-13(14(11,5)6)12(10)9(3)4;1-6(2)10-8-5-9(8)12(13,14)11(10)7(3)4;1-6(2)8-5-9-11(12(9,13)14)10(8)7(3)4;1-7(2)10-5-9-6-11(9)12(10)8(3)4/h2*8-13H,7H2,1-6H3;2*6-11H,5H2,1-4H3;7-12H,5-6H2,1-4H3. The molecule has 0 nitrogen and oxygen atoms in total. The molecular weight excluding hydrogens is 845 g/mol. The van der Waals surface area contributed by atoms with E-state index in [1.807, 2.05) is 13.8 Å². The molecule has 0 aromatic rings. The zero-order valence-electron chi connectivity index (χ0n) is 49.1. The molecule has 10 fully saturated rings. The first-order valence-corrected chi connectivity index (χ1v) is 29.8. The molecule has 398 valence electrons. The van der Waals surface area contributed by atoms with E-state index in [4.69, 9.17) is 0 Å². The van der Waals surface area contributed by atoms with Crippen LogP contribution in [0.3, 0.4) is 0 Å². The van der Waals surface area contributed by atoms with Crippen molar-refractivity contribution in [1.29, 1.82) is 0 Å². The van der Waals surface area contributed by atoms with E-state index >= 15 is 0 Å². The molecule has 10 aliphatic rings. The molecule has 0 aliphatic heterocycles. The van der Waals surface area contributed by atoms with Crippen molar-refractivity contribution in [2.24, 2.45) is 188 Å². The number of halogens is 4. The zero-order valence-corrected chi connectivity index (χ0v) is 49.1. The molecule has 0 bridgehead atoms. The fourth-order valence-electron chi connectivity index (χ4n) is 19.8. The molecular formula is C64H114F4. The van der Waals surface area contributed by atoms with Crippen molar-refractivity contribution < 1.29 is 17.6 Å². The van der Waals surface area contributed by atoms with Gasteiger partial charge in [-0.15, -0.1) is 0 Å².